The van der Waals surface area contributed by atoms with Crippen LogP contribution in [0.4, 0.5) is 0 Å². The summed E-state index contributed by atoms with van der Waals surface area (Å²) in [5.74, 6) is 0. The molecule has 0 spiro atoms. The molecule has 13 heavy (non-hydrogen) atoms. The van der Waals surface area contributed by atoms with Crippen molar-refractivity contribution < 1.29 is 13.0 Å². The SMILES string of the molecule is O=S(=O)(O)c1cc(Cl)ccc1Cl.[LiH]. The average Bonchev–Trinajstić information content (AvgIpc) is 1.92. The van der Waals surface area contributed by atoms with Gasteiger partial charge in [-0.15, -0.1) is 0 Å². The van der Waals surface area contributed by atoms with Gasteiger partial charge in [0.15, 0.2) is 0 Å². The molecule has 7 heteroatoms. The average molecular weight is 235 g/mol. The van der Waals surface area contributed by atoms with Gasteiger partial charge in [0.05, 0.1) is 5.02 Å². The molecular weight excluding hydrogens is 230 g/mol. The van der Waals surface area contributed by atoms with Gasteiger partial charge in [0.2, 0.25) is 0 Å². The van der Waals surface area contributed by atoms with Crippen LogP contribution in [0, 0.1) is 0 Å². The number of hydrogen-bond donors (Lipinski definition) is 1. The minimum absolute atomic E-state index is 0. The molecule has 1 aromatic carbocycles. The molecule has 1 aromatic rings. The molecule has 0 aliphatic heterocycles. The number of hydrogen-bond acceptors (Lipinski definition) is 2. The predicted octanol–water partition coefficient (Wildman–Crippen LogP) is 1.59. The van der Waals surface area contributed by atoms with E-state index in [0.717, 1.165) is 6.07 Å². The molecule has 0 aromatic heterocycles. The Hall–Kier alpha value is 0.307. The summed E-state index contributed by atoms with van der Waals surface area (Å²) in [5.41, 5.74) is 0. The van der Waals surface area contributed by atoms with E-state index in [9.17, 15) is 8.42 Å². The summed E-state index contributed by atoms with van der Waals surface area (Å²) >= 11 is 11.0. The summed E-state index contributed by atoms with van der Waals surface area (Å²) in [6.07, 6.45) is 0. The van der Waals surface area contributed by atoms with E-state index in [2.05, 4.69) is 0 Å². The van der Waals surface area contributed by atoms with Crippen molar-refractivity contribution in [2.75, 3.05) is 0 Å². The van der Waals surface area contributed by atoms with E-state index >= 15 is 0 Å². The molecule has 0 bridgehead atoms. The van der Waals surface area contributed by atoms with E-state index in [0.29, 0.717) is 0 Å². The number of halogens is 2. The Morgan fingerprint density at radius 1 is 1.23 bits per heavy atom. The molecule has 0 radical (unpaired) electrons. The first-order valence-electron chi connectivity index (χ1n) is 2.84. The third-order valence-corrected chi connectivity index (χ3v) is 2.74. The van der Waals surface area contributed by atoms with Crippen molar-refractivity contribution in [2.45, 2.75) is 4.90 Å². The van der Waals surface area contributed by atoms with Crippen molar-refractivity contribution >= 4 is 52.2 Å². The summed E-state index contributed by atoms with van der Waals surface area (Å²) in [5, 5.41) is 0.147. The molecule has 3 nitrogen and oxygen atoms in total. The van der Waals surface area contributed by atoms with Crippen LogP contribution >= 0.6 is 23.2 Å². The first kappa shape index (κ1) is 13.3. The van der Waals surface area contributed by atoms with E-state index < -0.39 is 10.1 Å². The van der Waals surface area contributed by atoms with Crippen molar-refractivity contribution in [1.82, 2.24) is 0 Å². The summed E-state index contributed by atoms with van der Waals surface area (Å²) in [6, 6.07) is 3.81. The molecule has 0 fully saturated rings. The Bertz CT molecular complexity index is 404. The van der Waals surface area contributed by atoms with Crippen molar-refractivity contribution in [2.24, 2.45) is 0 Å². The van der Waals surface area contributed by atoms with Crippen LogP contribution in [0.2, 0.25) is 10.0 Å². The quantitative estimate of drug-likeness (QED) is 0.594. The Kier molecular flexibility index (Phi) is 4.81. The van der Waals surface area contributed by atoms with Crippen LogP contribution in [0.25, 0.3) is 0 Å². The van der Waals surface area contributed by atoms with E-state index in [-0.39, 0.29) is 33.8 Å². The van der Waals surface area contributed by atoms with Crippen molar-refractivity contribution in [1.29, 1.82) is 0 Å². The zero-order valence-electron chi connectivity index (χ0n) is 5.66. The maximum atomic E-state index is 10.6. The summed E-state index contributed by atoms with van der Waals surface area (Å²) in [7, 11) is -4.27. The van der Waals surface area contributed by atoms with Crippen LogP contribution in [0.5, 0.6) is 0 Å². The zero-order chi connectivity index (χ0) is 9.35. The Labute approximate surface area is 98.0 Å². The topological polar surface area (TPSA) is 54.4 Å². The minimum atomic E-state index is -4.27. The molecule has 0 heterocycles. The van der Waals surface area contributed by atoms with Crippen LogP contribution in [0.1, 0.15) is 0 Å². The van der Waals surface area contributed by atoms with Crippen molar-refractivity contribution in [3.63, 3.8) is 0 Å². The molecule has 0 amide bonds. The molecule has 0 aliphatic rings. The molecular formula is C6H5Cl2LiO3S. The third-order valence-electron chi connectivity index (χ3n) is 1.17. The van der Waals surface area contributed by atoms with Gasteiger partial charge in [-0.2, -0.15) is 8.42 Å². The molecule has 0 saturated heterocycles. The van der Waals surface area contributed by atoms with Crippen molar-refractivity contribution in [3.8, 4) is 0 Å². The Morgan fingerprint density at radius 2 is 1.77 bits per heavy atom. The second kappa shape index (κ2) is 4.70. The second-order valence-corrected chi connectivity index (χ2v) is 4.28. The first-order valence-corrected chi connectivity index (χ1v) is 5.03. The fourth-order valence-corrected chi connectivity index (χ4v) is 1.91. The van der Waals surface area contributed by atoms with Gasteiger partial charge in [0.1, 0.15) is 4.90 Å². The second-order valence-electron chi connectivity index (χ2n) is 2.05. The fourth-order valence-electron chi connectivity index (χ4n) is 0.675. The van der Waals surface area contributed by atoms with Crippen molar-refractivity contribution in [3.05, 3.63) is 28.2 Å². The van der Waals surface area contributed by atoms with Crippen LogP contribution in [0.3, 0.4) is 0 Å². The first-order chi connectivity index (χ1) is 5.41. The van der Waals surface area contributed by atoms with Gasteiger partial charge in [-0.1, -0.05) is 23.2 Å². The summed E-state index contributed by atoms with van der Waals surface area (Å²) in [4.78, 5) is -0.378. The van der Waals surface area contributed by atoms with Crippen LogP contribution in [-0.2, 0) is 10.1 Å². The molecule has 1 N–H and O–H groups in total. The number of rotatable bonds is 1. The van der Waals surface area contributed by atoms with E-state index in [4.69, 9.17) is 27.8 Å². The molecule has 0 aliphatic carbocycles. The van der Waals surface area contributed by atoms with Gasteiger partial charge < -0.3 is 0 Å². The Morgan fingerprint density at radius 3 is 2.15 bits per heavy atom. The normalized spacial score (nSPS) is 10.7. The van der Waals surface area contributed by atoms with Gasteiger partial charge in [-0.3, -0.25) is 4.55 Å². The van der Waals surface area contributed by atoms with Crippen LogP contribution in [0.15, 0.2) is 23.1 Å². The summed E-state index contributed by atoms with van der Waals surface area (Å²) < 4.78 is 29.9. The van der Waals surface area contributed by atoms with Gasteiger partial charge in [0.25, 0.3) is 10.1 Å². The molecule has 0 atom stereocenters. The monoisotopic (exact) mass is 234 g/mol. The standard InChI is InChI=1S/C6H4Cl2O3S.Li.H/c7-4-1-2-5(8)6(3-4)12(9,10)11;;/h1-3H,(H,9,10,11);;. The predicted molar refractivity (Wildman–Crippen MR) is 53.4 cm³/mol. The molecule has 1 rings (SSSR count). The maximum absolute atomic E-state index is 10.6. The van der Waals surface area contributed by atoms with E-state index in [1.807, 2.05) is 0 Å². The van der Waals surface area contributed by atoms with Gasteiger partial charge in [0, 0.05) is 5.02 Å². The molecule has 0 saturated carbocycles. The van der Waals surface area contributed by atoms with Gasteiger partial charge in [-0.25, -0.2) is 0 Å². The fraction of sp³-hybridized carbons (Fsp3) is 0. The van der Waals surface area contributed by atoms with Crippen LogP contribution < -0.4 is 0 Å². The molecule has 68 valence electrons. The number of benzene rings is 1. The Balaban J connectivity index is 0.00000144. The van der Waals surface area contributed by atoms with E-state index in [1.165, 1.54) is 12.1 Å². The van der Waals surface area contributed by atoms with Gasteiger partial charge >= 0.3 is 18.9 Å². The van der Waals surface area contributed by atoms with E-state index in [1.54, 1.807) is 0 Å². The third kappa shape index (κ3) is 3.51. The molecule has 0 unspecified atom stereocenters. The zero-order valence-corrected chi connectivity index (χ0v) is 7.99. The van der Waals surface area contributed by atoms with Crippen LogP contribution in [-0.4, -0.2) is 31.8 Å². The van der Waals surface area contributed by atoms with Gasteiger partial charge in [-0.05, 0) is 18.2 Å². The summed E-state index contributed by atoms with van der Waals surface area (Å²) in [6.45, 7) is 0.